The van der Waals surface area contributed by atoms with Crippen LogP contribution in [-0.4, -0.2) is 4.57 Å². The van der Waals surface area contributed by atoms with E-state index in [0.717, 1.165) is 24.2 Å². The minimum atomic E-state index is -0.0898. The van der Waals surface area contributed by atoms with Crippen molar-refractivity contribution in [3.05, 3.63) is 199 Å². The summed E-state index contributed by atoms with van der Waals surface area (Å²) in [6, 6.07) is 60.4. The van der Waals surface area contributed by atoms with E-state index in [0.29, 0.717) is 0 Å². The van der Waals surface area contributed by atoms with Crippen molar-refractivity contribution >= 4 is 44.4 Å². The van der Waals surface area contributed by atoms with Gasteiger partial charge in [-0.2, -0.15) is 0 Å². The van der Waals surface area contributed by atoms with Crippen LogP contribution in [0.4, 0.5) is 17.1 Å². The molecule has 254 valence electrons. The first-order chi connectivity index (χ1) is 26.1. The minimum absolute atomic E-state index is 0.0898. The maximum absolute atomic E-state index is 2.47. The number of hydrogen-bond acceptors (Lipinski definition) is 1. The van der Waals surface area contributed by atoms with Gasteiger partial charge < -0.3 is 9.47 Å². The van der Waals surface area contributed by atoms with Crippen molar-refractivity contribution in [3.63, 3.8) is 0 Å². The summed E-state index contributed by atoms with van der Waals surface area (Å²) in [5, 5.41) is 2.51. The Morgan fingerprint density at radius 2 is 1.25 bits per heavy atom. The van der Waals surface area contributed by atoms with Gasteiger partial charge in [-0.1, -0.05) is 135 Å². The molecule has 0 spiro atoms. The van der Waals surface area contributed by atoms with E-state index in [1.54, 1.807) is 0 Å². The van der Waals surface area contributed by atoms with Crippen molar-refractivity contribution in [1.82, 2.24) is 4.57 Å². The topological polar surface area (TPSA) is 8.17 Å². The average Bonchev–Trinajstić information content (AvgIpc) is 3.67. The Bertz CT molecular complexity index is 2740. The molecule has 0 saturated carbocycles. The zero-order valence-electron chi connectivity index (χ0n) is 30.1. The summed E-state index contributed by atoms with van der Waals surface area (Å²) in [7, 11) is 0. The zero-order chi connectivity index (χ0) is 35.5. The van der Waals surface area contributed by atoms with Gasteiger partial charge in [-0.05, 0) is 112 Å². The van der Waals surface area contributed by atoms with Gasteiger partial charge >= 0.3 is 0 Å². The molecular weight excluding hydrogens is 641 g/mol. The molecule has 0 N–H and O–H groups in total. The molecule has 0 saturated heterocycles. The molecule has 0 atom stereocenters. The molecule has 8 aromatic rings. The fourth-order valence-corrected chi connectivity index (χ4v) is 8.81. The molecule has 2 aliphatic rings. The highest BCUT2D eigenvalue weighted by Crippen LogP contribution is 2.54. The van der Waals surface area contributed by atoms with Crippen LogP contribution < -0.4 is 4.90 Å². The molecule has 2 nitrogen and oxygen atoms in total. The fraction of sp³-hybridized carbons (Fsp3) is 0.0980. The largest absolute Gasteiger partial charge is 0.310 e. The lowest BCUT2D eigenvalue weighted by atomic mass is 9.82. The Morgan fingerprint density at radius 1 is 0.528 bits per heavy atom. The van der Waals surface area contributed by atoms with Crippen molar-refractivity contribution in [2.45, 2.75) is 32.1 Å². The number of nitrogens with zero attached hydrogens (tertiary/aromatic N) is 2. The quantitative estimate of drug-likeness (QED) is 0.170. The highest BCUT2D eigenvalue weighted by Gasteiger charge is 2.37. The zero-order valence-corrected chi connectivity index (χ0v) is 30.1. The lowest BCUT2D eigenvalue weighted by molar-refractivity contribution is 0.660. The third-order valence-corrected chi connectivity index (χ3v) is 11.4. The Kier molecular flexibility index (Phi) is 7.33. The number of fused-ring (bicyclic) bond motifs is 6. The molecule has 1 heterocycles. The van der Waals surface area contributed by atoms with Crippen molar-refractivity contribution in [3.8, 4) is 27.9 Å². The van der Waals surface area contributed by atoms with E-state index in [-0.39, 0.29) is 5.41 Å². The molecule has 0 aliphatic heterocycles. The third kappa shape index (κ3) is 5.09. The Morgan fingerprint density at radius 3 is 2.09 bits per heavy atom. The summed E-state index contributed by atoms with van der Waals surface area (Å²) in [6.07, 6.45) is 9.11. The molecule has 0 unspecified atom stereocenters. The summed E-state index contributed by atoms with van der Waals surface area (Å²) in [4.78, 5) is 2.47. The van der Waals surface area contributed by atoms with Crippen LogP contribution in [0.3, 0.4) is 0 Å². The molecule has 2 heteroatoms. The van der Waals surface area contributed by atoms with Crippen LogP contribution in [0.25, 0.3) is 55.3 Å². The van der Waals surface area contributed by atoms with E-state index >= 15 is 0 Å². The normalized spacial score (nSPS) is 14.3. The maximum Gasteiger partial charge on any atom is 0.0543 e. The van der Waals surface area contributed by atoms with Crippen LogP contribution >= 0.6 is 0 Å². The van der Waals surface area contributed by atoms with Gasteiger partial charge in [0.1, 0.15) is 0 Å². The second-order valence-electron chi connectivity index (χ2n) is 14.9. The van der Waals surface area contributed by atoms with Gasteiger partial charge in [0.15, 0.2) is 0 Å². The van der Waals surface area contributed by atoms with Crippen LogP contribution in [-0.2, 0) is 5.41 Å². The van der Waals surface area contributed by atoms with E-state index in [2.05, 4.69) is 205 Å². The van der Waals surface area contributed by atoms with E-state index in [4.69, 9.17) is 0 Å². The van der Waals surface area contributed by atoms with Gasteiger partial charge in [0, 0.05) is 38.8 Å². The first kappa shape index (κ1) is 31.4. The Hall–Kier alpha value is -6.38. The van der Waals surface area contributed by atoms with Gasteiger partial charge in [0.2, 0.25) is 0 Å². The summed E-state index contributed by atoms with van der Waals surface area (Å²) in [5.41, 5.74) is 17.3. The second-order valence-corrected chi connectivity index (χ2v) is 14.9. The number of rotatable bonds is 6. The second kappa shape index (κ2) is 12.4. The van der Waals surface area contributed by atoms with Crippen LogP contribution in [0, 0.1) is 0 Å². The summed E-state index contributed by atoms with van der Waals surface area (Å²) in [5.74, 6) is 0. The van der Waals surface area contributed by atoms with Crippen molar-refractivity contribution < 1.29 is 0 Å². The maximum atomic E-state index is 2.47. The summed E-state index contributed by atoms with van der Waals surface area (Å²) in [6.45, 7) is 4.72. The van der Waals surface area contributed by atoms with Crippen molar-refractivity contribution in [2.24, 2.45) is 0 Å². The van der Waals surface area contributed by atoms with E-state index in [1.165, 1.54) is 77.7 Å². The minimum Gasteiger partial charge on any atom is -0.310 e. The highest BCUT2D eigenvalue weighted by molar-refractivity contribution is 6.10. The number of benzene rings is 7. The number of para-hydroxylation sites is 2. The lowest BCUT2D eigenvalue weighted by Gasteiger charge is -2.29. The molecule has 0 amide bonds. The molecule has 53 heavy (non-hydrogen) atoms. The SMILES string of the molecule is CC1(C)c2ccccc2-c2c(N(c3ccc(C4=CCCC=C4)cc3)c3cccc(-c4ccc5c(c4)c4ccccc4n5-c4ccccc4)c3)cccc21. The van der Waals surface area contributed by atoms with Gasteiger partial charge in [-0.25, -0.2) is 0 Å². The Balaban J connectivity index is 1.14. The van der Waals surface area contributed by atoms with Crippen LogP contribution in [0.15, 0.2) is 182 Å². The summed E-state index contributed by atoms with van der Waals surface area (Å²) >= 11 is 0. The van der Waals surface area contributed by atoms with Crippen molar-refractivity contribution in [1.29, 1.82) is 0 Å². The molecule has 1 aromatic heterocycles. The molecule has 0 radical (unpaired) electrons. The average molecular weight is 681 g/mol. The molecule has 7 aromatic carbocycles. The molecule has 0 bridgehead atoms. The van der Waals surface area contributed by atoms with Gasteiger partial charge in [-0.3, -0.25) is 0 Å². The van der Waals surface area contributed by atoms with Crippen LogP contribution in [0.5, 0.6) is 0 Å². The number of aromatic nitrogens is 1. The molecule has 0 fully saturated rings. The van der Waals surface area contributed by atoms with E-state index in [9.17, 15) is 0 Å². The van der Waals surface area contributed by atoms with Gasteiger partial charge in [0.25, 0.3) is 0 Å². The first-order valence-electron chi connectivity index (χ1n) is 18.8. The number of hydrogen-bond donors (Lipinski definition) is 0. The smallest absolute Gasteiger partial charge is 0.0543 e. The van der Waals surface area contributed by atoms with Crippen LogP contribution in [0.2, 0.25) is 0 Å². The number of anilines is 3. The predicted molar refractivity (Wildman–Crippen MR) is 225 cm³/mol. The Labute approximate surface area is 311 Å². The van der Waals surface area contributed by atoms with E-state index < -0.39 is 0 Å². The predicted octanol–water partition coefficient (Wildman–Crippen LogP) is 14.0. The first-order valence-corrected chi connectivity index (χ1v) is 18.8. The van der Waals surface area contributed by atoms with Gasteiger partial charge in [0.05, 0.1) is 16.7 Å². The monoisotopic (exact) mass is 680 g/mol. The fourth-order valence-electron chi connectivity index (χ4n) is 8.81. The van der Waals surface area contributed by atoms with Crippen molar-refractivity contribution in [2.75, 3.05) is 4.90 Å². The summed E-state index contributed by atoms with van der Waals surface area (Å²) < 4.78 is 2.38. The van der Waals surface area contributed by atoms with Crippen LogP contribution in [0.1, 0.15) is 43.4 Å². The standard InChI is InChI=1S/C51H40N2/c1-51(2)45-23-11-9-22-43(45)50-46(51)24-14-26-49(50)52(40-30-27-36(28-31-40)35-15-5-3-6-16-35)41-20-13-17-37(33-41)38-29-32-48-44(34-38)42-21-10-12-25-47(42)53(48)39-18-7-4-8-19-39/h4-5,7-34H,3,6H2,1-2H3. The van der Waals surface area contributed by atoms with E-state index in [1.807, 2.05) is 0 Å². The molecular formula is C51H40N2. The lowest BCUT2D eigenvalue weighted by Crippen LogP contribution is -2.16. The molecule has 2 aliphatic carbocycles. The third-order valence-electron chi connectivity index (χ3n) is 11.4. The highest BCUT2D eigenvalue weighted by atomic mass is 15.1. The number of allylic oxidation sites excluding steroid dienone is 4. The van der Waals surface area contributed by atoms with Gasteiger partial charge in [-0.15, -0.1) is 0 Å². The molecule has 10 rings (SSSR count).